The summed E-state index contributed by atoms with van der Waals surface area (Å²) in [5, 5.41) is 0. The van der Waals surface area contributed by atoms with Crippen molar-refractivity contribution in [2.75, 3.05) is 0 Å². The zero-order valence-corrected chi connectivity index (χ0v) is 22.1. The molecule has 0 atom stereocenters. The van der Waals surface area contributed by atoms with Gasteiger partial charge in [-0.15, -0.1) is 11.3 Å². The first-order chi connectivity index (χ1) is 15.8. The minimum atomic E-state index is 0.943. The molecular weight excluding hydrogens is 408 g/mol. The van der Waals surface area contributed by atoms with Gasteiger partial charge in [0.25, 0.3) is 0 Å². The number of hydrogen-bond acceptors (Lipinski definition) is 2. The Bertz CT molecular complexity index is 691. The fraction of sp³-hybridized carbons (Fsp3) is 0.828. The van der Waals surface area contributed by atoms with Crippen LogP contribution in [-0.2, 0) is 12.8 Å². The van der Waals surface area contributed by atoms with Crippen LogP contribution in [-0.4, -0.2) is 9.38 Å². The number of hydrogen-bond donors (Lipinski definition) is 0. The zero-order chi connectivity index (χ0) is 22.4. The smallest absolute Gasteiger partial charge is 0.194 e. The lowest BCUT2D eigenvalue weighted by Gasteiger charge is -2.28. The van der Waals surface area contributed by atoms with Gasteiger partial charge in [0.2, 0.25) is 0 Å². The predicted octanol–water partition coefficient (Wildman–Crippen LogP) is 9.79. The van der Waals surface area contributed by atoms with Gasteiger partial charge in [-0.1, -0.05) is 117 Å². The summed E-state index contributed by atoms with van der Waals surface area (Å²) >= 11 is 1.91. The lowest BCUT2D eigenvalue weighted by atomic mass is 9.78. The van der Waals surface area contributed by atoms with E-state index >= 15 is 0 Å². The summed E-state index contributed by atoms with van der Waals surface area (Å²) in [4.78, 5) is 7.67. The molecule has 0 aliphatic heterocycles. The van der Waals surface area contributed by atoms with Crippen LogP contribution in [0.25, 0.3) is 4.96 Å². The quantitative estimate of drug-likeness (QED) is 0.216. The lowest BCUT2D eigenvalue weighted by Crippen LogP contribution is -2.15. The summed E-state index contributed by atoms with van der Waals surface area (Å²) in [6.45, 7) is 4.59. The van der Waals surface area contributed by atoms with E-state index in [1.165, 1.54) is 144 Å². The van der Waals surface area contributed by atoms with E-state index in [-0.39, 0.29) is 0 Å². The van der Waals surface area contributed by atoms with Gasteiger partial charge in [0.05, 0.1) is 5.69 Å². The van der Waals surface area contributed by atoms with Crippen molar-refractivity contribution in [2.45, 2.75) is 142 Å². The van der Waals surface area contributed by atoms with Gasteiger partial charge in [-0.3, -0.25) is 4.40 Å². The van der Waals surface area contributed by atoms with Gasteiger partial charge in [0.15, 0.2) is 4.96 Å². The van der Waals surface area contributed by atoms with Gasteiger partial charge < -0.3 is 0 Å². The third-order valence-electron chi connectivity index (χ3n) is 7.77. The Balaban J connectivity index is 1.26. The highest BCUT2D eigenvalue weighted by Crippen LogP contribution is 2.34. The molecule has 32 heavy (non-hydrogen) atoms. The van der Waals surface area contributed by atoms with Crippen LogP contribution in [0, 0.1) is 11.8 Å². The number of fused-ring (bicyclic) bond motifs is 1. The number of rotatable bonds is 17. The summed E-state index contributed by atoms with van der Waals surface area (Å²) in [6, 6.07) is 0. The minimum Gasteiger partial charge on any atom is -0.297 e. The molecule has 0 amide bonds. The third kappa shape index (κ3) is 9.20. The first-order valence-corrected chi connectivity index (χ1v) is 15.1. The Hall–Kier alpha value is -0.830. The van der Waals surface area contributed by atoms with Crippen LogP contribution in [0.5, 0.6) is 0 Å². The van der Waals surface area contributed by atoms with Crippen molar-refractivity contribution < 1.29 is 0 Å². The second-order valence-electron chi connectivity index (χ2n) is 10.6. The molecule has 2 heterocycles. The molecule has 2 nitrogen and oxygen atoms in total. The molecule has 2 aromatic rings. The molecule has 0 bridgehead atoms. The van der Waals surface area contributed by atoms with Crippen LogP contribution in [0.3, 0.4) is 0 Å². The molecular formula is C29H50N2S. The van der Waals surface area contributed by atoms with Gasteiger partial charge in [-0.2, -0.15) is 0 Å². The number of nitrogens with zero attached hydrogens (tertiary/aromatic N) is 2. The Morgan fingerprint density at radius 3 is 1.97 bits per heavy atom. The molecule has 1 aliphatic rings. The van der Waals surface area contributed by atoms with E-state index in [1.54, 1.807) is 0 Å². The topological polar surface area (TPSA) is 17.3 Å². The summed E-state index contributed by atoms with van der Waals surface area (Å²) < 4.78 is 2.29. The van der Waals surface area contributed by atoms with Crippen molar-refractivity contribution in [3.05, 3.63) is 23.0 Å². The van der Waals surface area contributed by atoms with Gasteiger partial charge in [-0.05, 0) is 37.5 Å². The maximum atomic E-state index is 4.95. The Kier molecular flexibility index (Phi) is 12.2. The van der Waals surface area contributed by atoms with Crippen LogP contribution in [0.2, 0.25) is 0 Å². The van der Waals surface area contributed by atoms with Gasteiger partial charge >= 0.3 is 0 Å². The van der Waals surface area contributed by atoms with E-state index in [0.29, 0.717) is 0 Å². The summed E-state index contributed by atoms with van der Waals surface area (Å²) in [5.41, 5.74) is 1.32. The molecule has 1 fully saturated rings. The largest absolute Gasteiger partial charge is 0.297 e. The summed E-state index contributed by atoms with van der Waals surface area (Å²) in [7, 11) is 0. The second kappa shape index (κ2) is 15.1. The maximum absolute atomic E-state index is 4.95. The number of aromatic nitrogens is 2. The summed E-state index contributed by atoms with van der Waals surface area (Å²) in [5.74, 6) is 1.97. The molecule has 0 spiro atoms. The van der Waals surface area contributed by atoms with E-state index in [4.69, 9.17) is 4.98 Å². The van der Waals surface area contributed by atoms with Gasteiger partial charge in [0.1, 0.15) is 0 Å². The molecule has 0 saturated heterocycles. The molecule has 0 aromatic carbocycles. The number of aryl methyl sites for hydroxylation is 2. The fourth-order valence-corrected chi connectivity index (χ4v) is 6.60. The molecule has 1 saturated carbocycles. The van der Waals surface area contributed by atoms with Crippen LogP contribution in [0.1, 0.15) is 140 Å². The lowest BCUT2D eigenvalue weighted by molar-refractivity contribution is 0.248. The first-order valence-electron chi connectivity index (χ1n) is 14.2. The van der Waals surface area contributed by atoms with Crippen molar-refractivity contribution >= 4 is 16.3 Å². The third-order valence-corrected chi connectivity index (χ3v) is 8.83. The monoisotopic (exact) mass is 458 g/mol. The van der Waals surface area contributed by atoms with Gasteiger partial charge in [0, 0.05) is 17.3 Å². The van der Waals surface area contributed by atoms with Crippen LogP contribution < -0.4 is 0 Å². The molecule has 3 rings (SSSR count). The Morgan fingerprint density at radius 2 is 1.31 bits per heavy atom. The van der Waals surface area contributed by atoms with Crippen LogP contribution in [0.4, 0.5) is 0 Å². The Labute approximate surface area is 202 Å². The van der Waals surface area contributed by atoms with Crippen LogP contribution >= 0.6 is 11.3 Å². The molecule has 0 radical (unpaired) electrons. The number of imidazole rings is 1. The first kappa shape index (κ1) is 25.8. The van der Waals surface area contributed by atoms with E-state index in [1.807, 2.05) is 11.3 Å². The minimum absolute atomic E-state index is 0.943. The normalized spacial score (nSPS) is 19.2. The molecule has 3 heteroatoms. The maximum Gasteiger partial charge on any atom is 0.194 e. The molecule has 182 valence electrons. The van der Waals surface area contributed by atoms with Gasteiger partial charge in [-0.25, -0.2) is 4.98 Å². The van der Waals surface area contributed by atoms with Crippen molar-refractivity contribution in [3.63, 3.8) is 0 Å². The molecule has 0 N–H and O–H groups in total. The van der Waals surface area contributed by atoms with E-state index in [2.05, 4.69) is 30.6 Å². The van der Waals surface area contributed by atoms with Crippen molar-refractivity contribution in [1.29, 1.82) is 0 Å². The highest BCUT2D eigenvalue weighted by molar-refractivity contribution is 7.17. The molecule has 1 aliphatic carbocycles. The Morgan fingerprint density at radius 1 is 0.719 bits per heavy atom. The van der Waals surface area contributed by atoms with Crippen LogP contribution in [0.15, 0.2) is 12.4 Å². The van der Waals surface area contributed by atoms with E-state index < -0.39 is 0 Å². The van der Waals surface area contributed by atoms with Crippen molar-refractivity contribution in [3.8, 4) is 0 Å². The summed E-state index contributed by atoms with van der Waals surface area (Å²) in [6.07, 6.45) is 32.8. The van der Waals surface area contributed by atoms with Crippen molar-refractivity contribution in [1.82, 2.24) is 9.38 Å². The molecule has 2 aromatic heterocycles. The van der Waals surface area contributed by atoms with E-state index in [9.17, 15) is 0 Å². The average molecular weight is 459 g/mol. The number of thiazole rings is 1. The highest BCUT2D eigenvalue weighted by Gasteiger charge is 2.21. The van der Waals surface area contributed by atoms with E-state index in [0.717, 1.165) is 11.8 Å². The zero-order valence-electron chi connectivity index (χ0n) is 21.3. The fourth-order valence-electron chi connectivity index (χ4n) is 5.58. The highest BCUT2D eigenvalue weighted by atomic mass is 32.1. The molecule has 0 unspecified atom stereocenters. The predicted molar refractivity (Wildman–Crippen MR) is 142 cm³/mol. The SMILES string of the molecule is CCCCCCCCCC1CCC(CCc2cn3cc(CCCCCCC)sc3n2)CC1. The second-order valence-corrected chi connectivity index (χ2v) is 11.7. The standard InChI is InChI=1S/C29H50N2S/c1-3-5-7-9-10-12-13-15-25-17-19-26(20-18-25)21-22-27-23-31-24-28(32-29(31)30-27)16-14-11-8-6-4-2/h23-26H,3-22H2,1-2H3. The average Bonchev–Trinajstić information content (AvgIpc) is 3.36. The number of unbranched alkanes of at least 4 members (excludes halogenated alkanes) is 10. The van der Waals surface area contributed by atoms with Crippen molar-refractivity contribution in [2.24, 2.45) is 11.8 Å².